The first-order chi connectivity index (χ1) is 17.3. The molecule has 0 spiro atoms. The van der Waals surface area contributed by atoms with Crippen LogP contribution in [0.1, 0.15) is 72.3 Å². The molecule has 9 heteroatoms. The minimum atomic E-state index is -0.603. The number of carbonyl (C=O) groups excluding carboxylic acids is 1. The van der Waals surface area contributed by atoms with Crippen LogP contribution in [0, 0.1) is 11.3 Å². The number of hydrogen-bond donors (Lipinski definition) is 3. The molecule has 7 nitrogen and oxygen atoms in total. The fourth-order valence-electron chi connectivity index (χ4n) is 4.64. The highest BCUT2D eigenvalue weighted by Gasteiger charge is 2.52. The van der Waals surface area contributed by atoms with Gasteiger partial charge in [-0.15, -0.1) is 0 Å². The number of rotatable bonds is 9. The zero-order valence-electron chi connectivity index (χ0n) is 22.8. The molecule has 2 unspecified atom stereocenters. The van der Waals surface area contributed by atoms with E-state index >= 15 is 0 Å². The van der Waals surface area contributed by atoms with Crippen LogP contribution in [0.25, 0.3) is 0 Å². The molecule has 3 aliphatic rings. The molecule has 4 rings (SSSR count). The lowest BCUT2D eigenvalue weighted by Gasteiger charge is -2.32. The lowest BCUT2D eigenvalue weighted by atomic mass is 9.75. The van der Waals surface area contributed by atoms with E-state index in [-0.39, 0.29) is 30.7 Å². The third-order valence-electron chi connectivity index (χ3n) is 8.17. The van der Waals surface area contributed by atoms with Gasteiger partial charge in [0.25, 0.3) is 0 Å². The van der Waals surface area contributed by atoms with Crippen molar-refractivity contribution in [2.24, 2.45) is 11.3 Å². The fraction of sp³-hybridized carbons (Fsp3) is 0.607. The molecule has 37 heavy (non-hydrogen) atoms. The quantitative estimate of drug-likeness (QED) is 0.428. The summed E-state index contributed by atoms with van der Waals surface area (Å²) in [6.45, 7) is 12.7. The number of aliphatic hydroxyl groups excluding tert-OH is 1. The molecule has 1 heterocycles. The van der Waals surface area contributed by atoms with Gasteiger partial charge in [0.15, 0.2) is 0 Å². The summed E-state index contributed by atoms with van der Waals surface area (Å²) in [5.74, 6) is -0.277. The Hall–Kier alpha value is -2.36. The summed E-state index contributed by atoms with van der Waals surface area (Å²) in [6, 6.07) is 5.30. The smallest absolute Gasteiger partial charge is 0.491 e. The summed E-state index contributed by atoms with van der Waals surface area (Å²) in [5, 5.41) is 14.8. The predicted molar refractivity (Wildman–Crippen MR) is 142 cm³/mol. The summed E-state index contributed by atoms with van der Waals surface area (Å²) >= 11 is 0. The molecule has 1 aromatic rings. The Morgan fingerprint density at radius 2 is 1.81 bits per heavy atom. The highest BCUT2D eigenvalue weighted by atomic mass is 19.1. The van der Waals surface area contributed by atoms with Gasteiger partial charge in [0.2, 0.25) is 0 Å². The Morgan fingerprint density at radius 1 is 1.14 bits per heavy atom. The highest BCUT2D eigenvalue weighted by Crippen LogP contribution is 2.47. The number of hydrogen-bond acceptors (Lipinski definition) is 5. The number of benzene rings is 1. The van der Waals surface area contributed by atoms with Crippen molar-refractivity contribution < 1.29 is 28.3 Å². The molecule has 1 aliphatic heterocycles. The Labute approximate surface area is 220 Å². The van der Waals surface area contributed by atoms with Crippen molar-refractivity contribution in [2.75, 3.05) is 19.8 Å². The van der Waals surface area contributed by atoms with E-state index in [9.17, 15) is 14.3 Å². The van der Waals surface area contributed by atoms with Gasteiger partial charge in [0.1, 0.15) is 18.2 Å². The number of amides is 2. The van der Waals surface area contributed by atoms with Crippen molar-refractivity contribution in [1.82, 2.24) is 10.6 Å². The van der Waals surface area contributed by atoms with Crippen LogP contribution < -0.4 is 20.8 Å². The van der Waals surface area contributed by atoms with E-state index in [4.69, 9.17) is 14.0 Å². The topological polar surface area (TPSA) is 89.1 Å². The maximum atomic E-state index is 14.9. The van der Waals surface area contributed by atoms with Crippen LogP contribution in [0.15, 0.2) is 41.9 Å². The van der Waals surface area contributed by atoms with Gasteiger partial charge in [-0.25, -0.2) is 9.18 Å². The van der Waals surface area contributed by atoms with Crippen LogP contribution in [0.2, 0.25) is 0 Å². The normalized spacial score (nSPS) is 25.2. The second kappa shape index (κ2) is 10.4. The van der Waals surface area contributed by atoms with Gasteiger partial charge in [-0.3, -0.25) is 0 Å². The maximum absolute atomic E-state index is 14.9. The average molecular weight is 514 g/mol. The highest BCUT2D eigenvalue weighted by molar-refractivity contribution is 6.62. The molecule has 2 atom stereocenters. The molecule has 2 fully saturated rings. The Balaban J connectivity index is 1.56. The number of allylic oxidation sites excluding steroid dienone is 3. The van der Waals surface area contributed by atoms with Crippen LogP contribution in [0.3, 0.4) is 0 Å². The average Bonchev–Trinajstić information content (AvgIpc) is 3.49. The minimum Gasteiger partial charge on any atom is -0.491 e. The molecule has 1 saturated carbocycles. The summed E-state index contributed by atoms with van der Waals surface area (Å²) in [5.41, 5.74) is 1.12. The third kappa shape index (κ3) is 6.38. The van der Waals surface area contributed by atoms with Gasteiger partial charge >= 0.3 is 13.1 Å². The van der Waals surface area contributed by atoms with E-state index in [0.717, 1.165) is 17.4 Å². The van der Waals surface area contributed by atoms with Gasteiger partial charge in [0.05, 0.1) is 23.5 Å². The van der Waals surface area contributed by atoms with Crippen molar-refractivity contribution in [3.8, 4) is 5.75 Å². The van der Waals surface area contributed by atoms with Crippen LogP contribution in [-0.4, -0.2) is 49.2 Å². The van der Waals surface area contributed by atoms with Gasteiger partial charge < -0.3 is 29.8 Å². The van der Waals surface area contributed by atoms with Crippen LogP contribution in [-0.2, 0) is 9.31 Å². The largest absolute Gasteiger partial charge is 0.494 e. The molecule has 1 saturated heterocycles. The zero-order chi connectivity index (χ0) is 27.0. The first-order valence-corrected chi connectivity index (χ1v) is 13.2. The van der Waals surface area contributed by atoms with E-state index in [1.807, 2.05) is 52.8 Å². The van der Waals surface area contributed by atoms with Crippen LogP contribution in [0.4, 0.5) is 9.18 Å². The molecular formula is C28H40BFN2O5. The van der Waals surface area contributed by atoms with Gasteiger partial charge in [-0.2, -0.15) is 0 Å². The second-order valence-electron chi connectivity index (χ2n) is 11.9. The molecule has 2 amide bonds. The number of aliphatic hydroxyl groups is 1. The van der Waals surface area contributed by atoms with E-state index < -0.39 is 30.2 Å². The molecule has 3 N–H and O–H groups in total. The molecule has 0 radical (unpaired) electrons. The number of carbonyl (C=O) groups is 1. The second-order valence-corrected chi connectivity index (χ2v) is 11.9. The predicted octanol–water partition coefficient (Wildman–Crippen LogP) is 4.32. The maximum Gasteiger partial charge on any atom is 0.494 e. The molecular weight excluding hydrogens is 474 g/mol. The lowest BCUT2D eigenvalue weighted by molar-refractivity contribution is 0.00578. The molecule has 2 aliphatic carbocycles. The van der Waals surface area contributed by atoms with Crippen molar-refractivity contribution in [1.29, 1.82) is 0 Å². The van der Waals surface area contributed by atoms with E-state index in [2.05, 4.69) is 17.6 Å². The minimum absolute atomic E-state index is 0.119. The van der Waals surface area contributed by atoms with Gasteiger partial charge in [-0.05, 0) is 93.6 Å². The number of nitrogens with one attached hydrogen (secondary N) is 2. The van der Waals surface area contributed by atoms with Crippen molar-refractivity contribution in [3.05, 3.63) is 47.4 Å². The van der Waals surface area contributed by atoms with E-state index in [1.54, 1.807) is 6.08 Å². The van der Waals surface area contributed by atoms with E-state index in [1.165, 1.54) is 18.9 Å². The number of urea groups is 1. The number of halogens is 1. The standard InChI is InChI=1S/C28H40BFN2O5/c1-18-13-23(30)24(32-25(34)31-10-9-28(6)7-8-28)17-22(18)19-14-20(16-21(15-19)35-12-11-33)29-36-26(2,3)27(4,5)37-29/h13-18,22,33H,7-12H2,1-6H3,(H2,31,32,34). The van der Waals surface area contributed by atoms with Gasteiger partial charge in [-0.1, -0.05) is 19.9 Å². The van der Waals surface area contributed by atoms with Crippen molar-refractivity contribution in [2.45, 2.75) is 77.9 Å². The fourth-order valence-corrected chi connectivity index (χ4v) is 4.64. The van der Waals surface area contributed by atoms with Gasteiger partial charge in [0, 0.05) is 12.5 Å². The summed E-state index contributed by atoms with van der Waals surface area (Å²) in [7, 11) is -0.603. The summed E-state index contributed by atoms with van der Waals surface area (Å²) in [6.07, 6.45) is 6.57. The zero-order valence-corrected chi connectivity index (χ0v) is 22.8. The first kappa shape index (κ1) is 27.7. The lowest BCUT2D eigenvalue weighted by Crippen LogP contribution is -2.41. The Bertz CT molecular complexity index is 1070. The summed E-state index contributed by atoms with van der Waals surface area (Å²) in [4.78, 5) is 12.5. The monoisotopic (exact) mass is 514 g/mol. The van der Waals surface area contributed by atoms with Crippen molar-refractivity contribution in [3.63, 3.8) is 0 Å². The van der Waals surface area contributed by atoms with Crippen molar-refractivity contribution >= 4 is 18.6 Å². The molecule has 202 valence electrons. The van der Waals surface area contributed by atoms with Crippen LogP contribution in [0.5, 0.6) is 5.75 Å². The Morgan fingerprint density at radius 3 is 2.43 bits per heavy atom. The van der Waals surface area contributed by atoms with Crippen LogP contribution >= 0.6 is 0 Å². The summed E-state index contributed by atoms with van der Waals surface area (Å²) < 4.78 is 33.1. The molecule has 0 bridgehead atoms. The third-order valence-corrected chi connectivity index (χ3v) is 8.17. The first-order valence-electron chi connectivity index (χ1n) is 13.2. The molecule has 0 aromatic heterocycles. The van der Waals surface area contributed by atoms with E-state index in [0.29, 0.717) is 17.7 Å². The SMILES string of the molecule is CC1C=C(F)C(NC(=O)NCCC2(C)CC2)=CC1c1cc(OCCO)cc(B2OC(C)(C)C(C)(C)O2)c1. The molecule has 1 aromatic carbocycles. The Kier molecular flexibility index (Phi) is 7.80. The number of ether oxygens (including phenoxy) is 1.